The minimum absolute atomic E-state index is 0.149. The third-order valence-corrected chi connectivity index (χ3v) is 3.22. The summed E-state index contributed by atoms with van der Waals surface area (Å²) in [7, 11) is 0. The Bertz CT molecular complexity index is 462. The number of benzene rings is 1. The van der Waals surface area contributed by atoms with Crippen molar-refractivity contribution in [1.29, 1.82) is 0 Å². The zero-order valence-corrected chi connectivity index (χ0v) is 9.28. The lowest BCUT2D eigenvalue weighted by atomic mass is 9.81. The SMILES string of the molecule is CC1=C[C@](C)(c2c(F)ccc(F)c2F)CC1. The van der Waals surface area contributed by atoms with Crippen LogP contribution >= 0.6 is 0 Å². The van der Waals surface area contributed by atoms with Crippen LogP contribution in [0.3, 0.4) is 0 Å². The van der Waals surface area contributed by atoms with Gasteiger partial charge in [-0.15, -0.1) is 0 Å². The number of rotatable bonds is 1. The second-order valence-corrected chi connectivity index (χ2v) is 4.63. The van der Waals surface area contributed by atoms with E-state index in [1.165, 1.54) is 0 Å². The largest absolute Gasteiger partial charge is 0.207 e. The third kappa shape index (κ3) is 1.64. The van der Waals surface area contributed by atoms with Gasteiger partial charge in [-0.25, -0.2) is 13.2 Å². The Labute approximate surface area is 92.8 Å². The Kier molecular flexibility index (Phi) is 2.56. The van der Waals surface area contributed by atoms with Crippen molar-refractivity contribution < 1.29 is 13.2 Å². The molecule has 0 nitrogen and oxygen atoms in total. The number of hydrogen-bond donors (Lipinski definition) is 0. The van der Waals surface area contributed by atoms with Crippen LogP contribution in [0.25, 0.3) is 0 Å². The Hall–Kier alpha value is -1.25. The van der Waals surface area contributed by atoms with Gasteiger partial charge >= 0.3 is 0 Å². The minimum atomic E-state index is -1.06. The van der Waals surface area contributed by atoms with Crippen LogP contribution in [-0.4, -0.2) is 0 Å². The van der Waals surface area contributed by atoms with Gasteiger partial charge in [-0.2, -0.15) is 0 Å². The first kappa shape index (κ1) is 11.2. The molecule has 0 heterocycles. The molecule has 0 unspecified atom stereocenters. The third-order valence-electron chi connectivity index (χ3n) is 3.22. The van der Waals surface area contributed by atoms with E-state index in [9.17, 15) is 13.2 Å². The summed E-state index contributed by atoms with van der Waals surface area (Å²) < 4.78 is 40.4. The maximum Gasteiger partial charge on any atom is 0.165 e. The zero-order chi connectivity index (χ0) is 11.9. The number of hydrogen-bond acceptors (Lipinski definition) is 0. The summed E-state index contributed by atoms with van der Waals surface area (Å²) in [6.45, 7) is 3.66. The lowest BCUT2D eigenvalue weighted by Gasteiger charge is -2.23. The van der Waals surface area contributed by atoms with Gasteiger partial charge in [0.1, 0.15) is 5.82 Å². The van der Waals surface area contributed by atoms with Crippen molar-refractivity contribution in [2.45, 2.75) is 32.1 Å². The van der Waals surface area contributed by atoms with Crippen LogP contribution in [0.2, 0.25) is 0 Å². The maximum atomic E-state index is 13.6. The van der Waals surface area contributed by atoms with E-state index in [-0.39, 0.29) is 5.56 Å². The molecule has 0 saturated heterocycles. The normalized spacial score (nSPS) is 24.7. The fourth-order valence-electron chi connectivity index (χ4n) is 2.39. The topological polar surface area (TPSA) is 0 Å². The summed E-state index contributed by atoms with van der Waals surface area (Å²) in [5, 5.41) is 0. The molecule has 16 heavy (non-hydrogen) atoms. The van der Waals surface area contributed by atoms with Gasteiger partial charge in [-0.1, -0.05) is 18.6 Å². The van der Waals surface area contributed by atoms with E-state index in [4.69, 9.17) is 0 Å². The monoisotopic (exact) mass is 226 g/mol. The molecule has 0 aliphatic heterocycles. The van der Waals surface area contributed by atoms with Gasteiger partial charge in [0.25, 0.3) is 0 Å². The molecular formula is C13H13F3. The molecule has 86 valence electrons. The molecule has 2 rings (SSSR count). The van der Waals surface area contributed by atoms with Gasteiger partial charge in [-0.05, 0) is 31.9 Å². The van der Waals surface area contributed by atoms with E-state index in [2.05, 4.69) is 0 Å². The van der Waals surface area contributed by atoms with Crippen molar-refractivity contribution >= 4 is 0 Å². The first-order valence-corrected chi connectivity index (χ1v) is 5.26. The molecule has 0 aromatic heterocycles. The van der Waals surface area contributed by atoms with Gasteiger partial charge < -0.3 is 0 Å². The molecule has 0 bridgehead atoms. The highest BCUT2D eigenvalue weighted by Gasteiger charge is 2.34. The van der Waals surface area contributed by atoms with Gasteiger partial charge in [0.05, 0.1) is 0 Å². The van der Waals surface area contributed by atoms with Crippen LogP contribution in [0, 0.1) is 17.5 Å². The molecule has 3 heteroatoms. The predicted octanol–water partition coefficient (Wildman–Crippen LogP) is 4.10. The highest BCUT2D eigenvalue weighted by molar-refractivity contribution is 5.37. The highest BCUT2D eigenvalue weighted by atomic mass is 19.2. The standard InChI is InChI=1S/C13H13F3/c1-8-5-6-13(2,7-8)11-9(14)3-4-10(15)12(11)16/h3-4,7H,5-6H2,1-2H3/t13-/m1/s1. The van der Waals surface area contributed by atoms with Crippen LogP contribution in [0.5, 0.6) is 0 Å². The lowest BCUT2D eigenvalue weighted by molar-refractivity contribution is 0.437. The highest BCUT2D eigenvalue weighted by Crippen LogP contribution is 2.41. The summed E-state index contributed by atoms with van der Waals surface area (Å²) in [4.78, 5) is 0. The van der Waals surface area contributed by atoms with Crippen molar-refractivity contribution in [3.63, 3.8) is 0 Å². The first-order chi connectivity index (χ1) is 7.44. The number of halogens is 3. The Balaban J connectivity index is 2.60. The van der Waals surface area contributed by atoms with Crippen LogP contribution in [-0.2, 0) is 5.41 Å². The Morgan fingerprint density at radius 1 is 1.12 bits per heavy atom. The second kappa shape index (κ2) is 3.65. The van der Waals surface area contributed by atoms with Crippen LogP contribution < -0.4 is 0 Å². The molecule has 0 N–H and O–H groups in total. The molecule has 1 atom stereocenters. The smallest absolute Gasteiger partial charge is 0.165 e. The van der Waals surface area contributed by atoms with Crippen molar-refractivity contribution in [3.8, 4) is 0 Å². The van der Waals surface area contributed by atoms with Crippen molar-refractivity contribution in [2.24, 2.45) is 0 Å². The van der Waals surface area contributed by atoms with Crippen LogP contribution in [0.4, 0.5) is 13.2 Å². The van der Waals surface area contributed by atoms with E-state index in [1.807, 2.05) is 13.0 Å². The maximum absolute atomic E-state index is 13.6. The summed E-state index contributed by atoms with van der Waals surface area (Å²) in [6, 6.07) is 1.81. The number of allylic oxidation sites excluding steroid dienone is 2. The summed E-state index contributed by atoms with van der Waals surface area (Å²) in [5.74, 6) is -2.73. The average molecular weight is 226 g/mol. The zero-order valence-electron chi connectivity index (χ0n) is 9.28. The van der Waals surface area contributed by atoms with Gasteiger partial charge in [0, 0.05) is 11.0 Å². The molecule has 1 aliphatic carbocycles. The fourth-order valence-corrected chi connectivity index (χ4v) is 2.39. The minimum Gasteiger partial charge on any atom is -0.207 e. The molecule has 1 aromatic carbocycles. The van der Waals surface area contributed by atoms with E-state index >= 15 is 0 Å². The molecule has 0 spiro atoms. The summed E-state index contributed by atoms with van der Waals surface area (Å²) in [6.07, 6.45) is 3.25. The Morgan fingerprint density at radius 2 is 1.75 bits per heavy atom. The van der Waals surface area contributed by atoms with Gasteiger partial charge in [0.2, 0.25) is 0 Å². The average Bonchev–Trinajstić information content (AvgIpc) is 2.54. The second-order valence-electron chi connectivity index (χ2n) is 4.63. The van der Waals surface area contributed by atoms with Crippen molar-refractivity contribution in [2.75, 3.05) is 0 Å². The van der Waals surface area contributed by atoms with Gasteiger partial charge in [-0.3, -0.25) is 0 Å². The van der Waals surface area contributed by atoms with E-state index in [1.54, 1.807) is 6.92 Å². The lowest BCUT2D eigenvalue weighted by Crippen LogP contribution is -2.20. The molecule has 0 amide bonds. The molecule has 0 radical (unpaired) electrons. The van der Waals surface area contributed by atoms with E-state index in [0.717, 1.165) is 24.1 Å². The fraction of sp³-hybridized carbons (Fsp3) is 0.385. The van der Waals surface area contributed by atoms with E-state index in [0.29, 0.717) is 6.42 Å². The molecule has 1 aromatic rings. The van der Waals surface area contributed by atoms with Crippen LogP contribution in [0.15, 0.2) is 23.8 Å². The first-order valence-electron chi connectivity index (χ1n) is 5.26. The molecule has 0 fully saturated rings. The predicted molar refractivity (Wildman–Crippen MR) is 56.7 cm³/mol. The van der Waals surface area contributed by atoms with E-state index < -0.39 is 22.9 Å². The summed E-state index contributed by atoms with van der Waals surface area (Å²) >= 11 is 0. The van der Waals surface area contributed by atoms with Crippen molar-refractivity contribution in [1.82, 2.24) is 0 Å². The van der Waals surface area contributed by atoms with Gasteiger partial charge in [0.15, 0.2) is 11.6 Å². The quantitative estimate of drug-likeness (QED) is 0.499. The molecular weight excluding hydrogens is 213 g/mol. The summed E-state index contributed by atoms with van der Waals surface area (Å²) in [5.41, 5.74) is 0.218. The molecule has 0 saturated carbocycles. The molecule has 1 aliphatic rings. The van der Waals surface area contributed by atoms with Crippen molar-refractivity contribution in [3.05, 3.63) is 46.8 Å². The Morgan fingerprint density at radius 3 is 2.31 bits per heavy atom. The van der Waals surface area contributed by atoms with Crippen LogP contribution in [0.1, 0.15) is 32.3 Å².